The number of carbonyl (C=O) groups is 1. The van der Waals surface area contributed by atoms with Crippen LogP contribution < -0.4 is 0 Å². The van der Waals surface area contributed by atoms with Crippen LogP contribution in [0.25, 0.3) is 0 Å². The predicted octanol–water partition coefficient (Wildman–Crippen LogP) is 4.01. The lowest BCUT2D eigenvalue weighted by molar-refractivity contribution is -0.156. The molecule has 3 rings (SSSR count). The number of hydrogen-bond acceptors (Lipinski definition) is 5. The van der Waals surface area contributed by atoms with E-state index in [1.165, 1.54) is 0 Å². The van der Waals surface area contributed by atoms with Crippen molar-refractivity contribution >= 4 is 17.6 Å². The molecule has 0 N–H and O–H groups in total. The molecule has 0 unspecified atom stereocenters. The molecule has 23 heavy (non-hydrogen) atoms. The summed E-state index contributed by atoms with van der Waals surface area (Å²) in [6, 6.07) is 7.42. The smallest absolute Gasteiger partial charge is 0.317 e. The van der Waals surface area contributed by atoms with Crippen LogP contribution in [0.4, 0.5) is 0 Å². The predicted molar refractivity (Wildman–Crippen MR) is 85.2 cm³/mol. The van der Waals surface area contributed by atoms with Gasteiger partial charge in [-0.05, 0) is 30.5 Å². The molecular weight excluding hydrogens is 316 g/mol. The number of halogens is 1. The summed E-state index contributed by atoms with van der Waals surface area (Å²) < 4.78 is 10.6. The van der Waals surface area contributed by atoms with Crippen LogP contribution in [0.15, 0.2) is 28.8 Å². The van der Waals surface area contributed by atoms with Gasteiger partial charge in [0.1, 0.15) is 0 Å². The molecule has 1 saturated carbocycles. The molecule has 1 aliphatic rings. The summed E-state index contributed by atoms with van der Waals surface area (Å²) in [4.78, 5) is 16.8. The van der Waals surface area contributed by atoms with E-state index in [0.717, 1.165) is 24.8 Å². The lowest BCUT2D eigenvalue weighted by atomic mass is 9.64. The number of carbonyl (C=O) groups excluding carboxylic acids is 1. The van der Waals surface area contributed by atoms with Crippen molar-refractivity contribution in [3.63, 3.8) is 0 Å². The highest BCUT2D eigenvalue weighted by molar-refractivity contribution is 6.30. The Morgan fingerprint density at radius 2 is 2.22 bits per heavy atom. The van der Waals surface area contributed by atoms with Crippen LogP contribution in [0.5, 0.6) is 0 Å². The molecule has 1 aliphatic carbocycles. The number of rotatable bonds is 5. The number of ether oxygens (including phenoxy) is 1. The van der Waals surface area contributed by atoms with Crippen molar-refractivity contribution in [2.75, 3.05) is 0 Å². The first-order valence-corrected chi connectivity index (χ1v) is 8.15. The van der Waals surface area contributed by atoms with E-state index in [4.69, 9.17) is 20.9 Å². The van der Waals surface area contributed by atoms with Gasteiger partial charge in [0.05, 0.1) is 5.41 Å². The second kappa shape index (κ2) is 6.32. The van der Waals surface area contributed by atoms with Gasteiger partial charge in [0.25, 0.3) is 5.89 Å². The molecule has 0 saturated heterocycles. The monoisotopic (exact) mass is 334 g/mol. The van der Waals surface area contributed by atoms with E-state index < -0.39 is 5.41 Å². The summed E-state index contributed by atoms with van der Waals surface area (Å²) in [7, 11) is 0. The number of benzene rings is 1. The van der Waals surface area contributed by atoms with Crippen LogP contribution in [-0.2, 0) is 21.6 Å². The van der Waals surface area contributed by atoms with Gasteiger partial charge in [0.2, 0.25) is 0 Å². The molecule has 1 aromatic heterocycles. The fraction of sp³-hybridized carbons (Fsp3) is 0.471. The zero-order valence-corrected chi connectivity index (χ0v) is 14.0. The Morgan fingerprint density at radius 1 is 1.43 bits per heavy atom. The maximum Gasteiger partial charge on any atom is 0.317 e. The van der Waals surface area contributed by atoms with Crippen molar-refractivity contribution in [3.05, 3.63) is 46.6 Å². The number of hydrogen-bond donors (Lipinski definition) is 0. The Labute approximate surface area is 140 Å². The minimum atomic E-state index is -0.591. The third-order valence-electron chi connectivity index (χ3n) is 4.30. The highest BCUT2D eigenvalue weighted by Gasteiger charge is 2.47. The second-order valence-electron chi connectivity index (χ2n) is 6.22. The summed E-state index contributed by atoms with van der Waals surface area (Å²) in [6.45, 7) is 3.95. The van der Waals surface area contributed by atoms with E-state index in [0.29, 0.717) is 16.7 Å². The van der Waals surface area contributed by atoms with Gasteiger partial charge < -0.3 is 9.26 Å². The highest BCUT2D eigenvalue weighted by atomic mass is 35.5. The highest BCUT2D eigenvalue weighted by Crippen LogP contribution is 2.45. The van der Waals surface area contributed by atoms with Gasteiger partial charge in [-0.2, -0.15) is 4.98 Å². The van der Waals surface area contributed by atoms with Crippen LogP contribution >= 0.6 is 11.6 Å². The van der Waals surface area contributed by atoms with E-state index in [1.54, 1.807) is 6.07 Å². The second-order valence-corrected chi connectivity index (χ2v) is 6.66. The Hall–Kier alpha value is -1.88. The minimum Gasteiger partial charge on any atom is -0.455 e. The standard InChI is InChI=1S/C17H19ClN2O3/c1-11(2)15-19-14(23-20-15)10-22-16(21)17(7-4-8-17)12-5-3-6-13(18)9-12/h3,5-6,9,11H,4,7-8,10H2,1-2H3. The summed E-state index contributed by atoms with van der Waals surface area (Å²) in [6.07, 6.45) is 2.54. The number of aromatic nitrogens is 2. The molecule has 5 nitrogen and oxygen atoms in total. The van der Waals surface area contributed by atoms with Gasteiger partial charge in [0.15, 0.2) is 12.4 Å². The Kier molecular flexibility index (Phi) is 4.39. The molecule has 2 aromatic rings. The average Bonchev–Trinajstić information content (AvgIpc) is 2.93. The first-order valence-electron chi connectivity index (χ1n) is 7.77. The van der Waals surface area contributed by atoms with E-state index >= 15 is 0 Å². The molecule has 1 fully saturated rings. The first kappa shape index (κ1) is 16.0. The summed E-state index contributed by atoms with van der Waals surface area (Å²) in [5.74, 6) is 0.856. The third-order valence-corrected chi connectivity index (χ3v) is 4.54. The fourth-order valence-corrected chi connectivity index (χ4v) is 2.94. The molecule has 6 heteroatoms. The molecule has 0 spiro atoms. The number of esters is 1. The van der Waals surface area contributed by atoms with E-state index in [-0.39, 0.29) is 18.5 Å². The Bertz CT molecular complexity index is 707. The fourth-order valence-electron chi connectivity index (χ4n) is 2.75. The Balaban J connectivity index is 1.70. The average molecular weight is 335 g/mol. The lowest BCUT2D eigenvalue weighted by Crippen LogP contribution is -2.43. The number of nitrogens with zero attached hydrogens (tertiary/aromatic N) is 2. The van der Waals surface area contributed by atoms with Crippen molar-refractivity contribution in [1.82, 2.24) is 10.1 Å². The van der Waals surface area contributed by atoms with E-state index in [1.807, 2.05) is 32.0 Å². The molecule has 0 amide bonds. The van der Waals surface area contributed by atoms with Crippen molar-refractivity contribution in [1.29, 1.82) is 0 Å². The van der Waals surface area contributed by atoms with Crippen molar-refractivity contribution in [2.24, 2.45) is 0 Å². The van der Waals surface area contributed by atoms with Crippen LogP contribution in [0.2, 0.25) is 5.02 Å². The van der Waals surface area contributed by atoms with Crippen LogP contribution in [0, 0.1) is 0 Å². The van der Waals surface area contributed by atoms with E-state index in [2.05, 4.69) is 10.1 Å². The van der Waals surface area contributed by atoms with Gasteiger partial charge in [-0.1, -0.05) is 49.2 Å². The van der Waals surface area contributed by atoms with Gasteiger partial charge in [-0.15, -0.1) is 0 Å². The zero-order valence-electron chi connectivity index (χ0n) is 13.2. The summed E-state index contributed by atoms with van der Waals surface area (Å²) >= 11 is 6.06. The third kappa shape index (κ3) is 3.11. The molecular formula is C17H19ClN2O3. The summed E-state index contributed by atoms with van der Waals surface area (Å²) in [5.41, 5.74) is 0.320. The van der Waals surface area contributed by atoms with E-state index in [9.17, 15) is 4.79 Å². The van der Waals surface area contributed by atoms with Crippen LogP contribution in [0.3, 0.4) is 0 Å². The van der Waals surface area contributed by atoms with Gasteiger partial charge >= 0.3 is 5.97 Å². The normalized spacial score (nSPS) is 16.2. The van der Waals surface area contributed by atoms with Crippen LogP contribution in [-0.4, -0.2) is 16.1 Å². The van der Waals surface area contributed by atoms with Gasteiger partial charge in [0, 0.05) is 10.9 Å². The van der Waals surface area contributed by atoms with Crippen molar-refractivity contribution < 1.29 is 14.1 Å². The van der Waals surface area contributed by atoms with Gasteiger partial charge in [-0.25, -0.2) is 0 Å². The maximum atomic E-state index is 12.6. The van der Waals surface area contributed by atoms with Crippen LogP contribution in [0.1, 0.15) is 56.3 Å². The minimum absolute atomic E-state index is 0.000862. The molecule has 1 heterocycles. The zero-order chi connectivity index (χ0) is 16.4. The quantitative estimate of drug-likeness (QED) is 0.773. The van der Waals surface area contributed by atoms with Crippen molar-refractivity contribution in [3.8, 4) is 0 Å². The Morgan fingerprint density at radius 3 is 2.78 bits per heavy atom. The molecule has 0 bridgehead atoms. The molecule has 1 aromatic carbocycles. The first-order chi connectivity index (χ1) is 11.0. The van der Waals surface area contributed by atoms with Gasteiger partial charge in [-0.3, -0.25) is 4.79 Å². The largest absolute Gasteiger partial charge is 0.455 e. The SMILES string of the molecule is CC(C)c1noc(COC(=O)C2(c3cccc(Cl)c3)CCC2)n1. The van der Waals surface area contributed by atoms with Crippen molar-refractivity contribution in [2.45, 2.75) is 51.0 Å². The molecule has 0 atom stereocenters. The molecule has 0 radical (unpaired) electrons. The maximum absolute atomic E-state index is 12.6. The topological polar surface area (TPSA) is 65.2 Å². The summed E-state index contributed by atoms with van der Waals surface area (Å²) in [5, 5.41) is 4.49. The molecule has 0 aliphatic heterocycles. The molecule has 122 valence electrons. The lowest BCUT2D eigenvalue weighted by Gasteiger charge is -2.39.